The Hall–Kier alpha value is -2.47. The summed E-state index contributed by atoms with van der Waals surface area (Å²) in [4.78, 5) is 28.7. The Morgan fingerprint density at radius 3 is 2.67 bits per heavy atom. The number of nitrogens with zero attached hydrogens (tertiary/aromatic N) is 2. The van der Waals surface area contributed by atoms with Crippen LogP contribution in [-0.4, -0.2) is 21.1 Å². The minimum Gasteiger partial charge on any atom is -0.321 e. The van der Waals surface area contributed by atoms with Gasteiger partial charge in [-0.2, -0.15) is 0 Å². The quantitative estimate of drug-likeness (QED) is 0.688. The molecule has 0 aliphatic carbocycles. The van der Waals surface area contributed by atoms with Crippen molar-refractivity contribution >= 4 is 39.0 Å². The van der Waals surface area contributed by atoms with Crippen molar-refractivity contribution < 1.29 is 9.59 Å². The van der Waals surface area contributed by atoms with Crippen LogP contribution < -0.4 is 5.32 Å². The van der Waals surface area contributed by atoms with E-state index in [0.29, 0.717) is 28.3 Å². The van der Waals surface area contributed by atoms with Crippen LogP contribution in [0.1, 0.15) is 39.0 Å². The minimum absolute atomic E-state index is 0.0448. The predicted molar refractivity (Wildman–Crippen MR) is 96.8 cm³/mol. The molecule has 2 heterocycles. The highest BCUT2D eigenvalue weighted by Gasteiger charge is 2.18. The van der Waals surface area contributed by atoms with Gasteiger partial charge in [0.15, 0.2) is 11.4 Å². The number of carbonyl (C=O) groups is 2. The van der Waals surface area contributed by atoms with E-state index in [4.69, 9.17) is 0 Å². The number of rotatable bonds is 3. The number of aromatic nitrogens is 2. The van der Waals surface area contributed by atoms with Crippen LogP contribution in [-0.2, 0) is 0 Å². The molecule has 24 heavy (non-hydrogen) atoms. The first-order valence-corrected chi connectivity index (χ1v) is 8.23. The van der Waals surface area contributed by atoms with Gasteiger partial charge in [0.05, 0.1) is 10.2 Å². The summed E-state index contributed by atoms with van der Waals surface area (Å²) < 4.78 is 2.61. The normalized spacial score (nSPS) is 10.8. The van der Waals surface area contributed by atoms with E-state index in [0.717, 1.165) is 10.0 Å². The van der Waals surface area contributed by atoms with Crippen molar-refractivity contribution in [3.63, 3.8) is 0 Å². The third-order valence-electron chi connectivity index (χ3n) is 3.73. The van der Waals surface area contributed by atoms with Gasteiger partial charge in [0.25, 0.3) is 5.91 Å². The van der Waals surface area contributed by atoms with Crippen LogP contribution in [0.15, 0.2) is 41.0 Å². The first-order chi connectivity index (χ1) is 11.4. The molecule has 0 atom stereocenters. The van der Waals surface area contributed by atoms with Gasteiger partial charge in [0.2, 0.25) is 0 Å². The average Bonchev–Trinajstić information content (AvgIpc) is 2.84. The van der Waals surface area contributed by atoms with E-state index in [1.807, 2.05) is 19.2 Å². The van der Waals surface area contributed by atoms with Crippen LogP contribution in [0.2, 0.25) is 0 Å². The number of pyridine rings is 1. The topological polar surface area (TPSA) is 63.5 Å². The molecule has 0 saturated carbocycles. The number of nitrogens with one attached hydrogen (secondary N) is 1. The fourth-order valence-corrected chi connectivity index (χ4v) is 3.27. The predicted octanol–water partition coefficient (Wildman–Crippen LogP) is 4.17. The van der Waals surface area contributed by atoms with Gasteiger partial charge in [-0.1, -0.05) is 12.1 Å². The lowest BCUT2D eigenvalue weighted by molar-refractivity contribution is 0.100. The Balaban J connectivity index is 2.02. The summed E-state index contributed by atoms with van der Waals surface area (Å²) in [5, 5.41) is 2.84. The van der Waals surface area contributed by atoms with Gasteiger partial charge >= 0.3 is 0 Å². The van der Waals surface area contributed by atoms with Gasteiger partial charge in [-0.15, -0.1) is 0 Å². The molecule has 0 bridgehead atoms. The molecule has 1 N–H and O–H groups in total. The Morgan fingerprint density at radius 1 is 1.21 bits per heavy atom. The maximum absolute atomic E-state index is 12.7. The SMILES string of the molecule is CC(=O)c1cccc(NC(=O)c2c(C)nc3c(Br)cc(C)cn23)c1. The highest BCUT2D eigenvalue weighted by atomic mass is 79.9. The number of hydrogen-bond acceptors (Lipinski definition) is 3. The number of Topliss-reactive ketones (excluding diaryl/α,β-unsaturated/α-hetero) is 1. The van der Waals surface area contributed by atoms with Crippen LogP contribution in [0.4, 0.5) is 5.69 Å². The second-order valence-electron chi connectivity index (χ2n) is 5.70. The largest absolute Gasteiger partial charge is 0.321 e. The molecule has 122 valence electrons. The molecule has 3 rings (SSSR count). The van der Waals surface area contributed by atoms with Crippen molar-refractivity contribution in [2.45, 2.75) is 20.8 Å². The van der Waals surface area contributed by atoms with Crippen LogP contribution in [0, 0.1) is 13.8 Å². The highest BCUT2D eigenvalue weighted by Crippen LogP contribution is 2.23. The fourth-order valence-electron chi connectivity index (χ4n) is 2.63. The monoisotopic (exact) mass is 385 g/mol. The third kappa shape index (κ3) is 2.97. The summed E-state index contributed by atoms with van der Waals surface area (Å²) >= 11 is 3.48. The van der Waals surface area contributed by atoms with E-state index < -0.39 is 0 Å². The molecule has 0 unspecified atom stereocenters. The van der Waals surface area contributed by atoms with Gasteiger partial charge in [0, 0.05) is 17.4 Å². The van der Waals surface area contributed by atoms with E-state index in [-0.39, 0.29) is 11.7 Å². The first kappa shape index (κ1) is 16.4. The van der Waals surface area contributed by atoms with Crippen LogP contribution in [0.3, 0.4) is 0 Å². The van der Waals surface area contributed by atoms with E-state index in [1.165, 1.54) is 6.92 Å². The average molecular weight is 386 g/mol. The molecular formula is C18H16BrN3O2. The molecule has 0 radical (unpaired) electrons. The number of anilines is 1. The van der Waals surface area contributed by atoms with E-state index >= 15 is 0 Å². The molecule has 1 aromatic carbocycles. The zero-order valence-corrected chi connectivity index (χ0v) is 15.1. The second-order valence-corrected chi connectivity index (χ2v) is 6.55. The van der Waals surface area contributed by atoms with Gasteiger partial charge in [-0.05, 0) is 60.5 Å². The summed E-state index contributed by atoms with van der Waals surface area (Å²) in [5.74, 6) is -0.310. The smallest absolute Gasteiger partial charge is 0.274 e. The maximum atomic E-state index is 12.7. The molecule has 0 aliphatic rings. The maximum Gasteiger partial charge on any atom is 0.274 e. The third-order valence-corrected chi connectivity index (χ3v) is 4.31. The van der Waals surface area contributed by atoms with Crippen LogP contribution in [0.25, 0.3) is 5.65 Å². The molecule has 5 nitrogen and oxygen atoms in total. The minimum atomic E-state index is -0.266. The Bertz CT molecular complexity index is 976. The number of ketones is 1. The van der Waals surface area contributed by atoms with Gasteiger partial charge in [-0.25, -0.2) is 4.98 Å². The number of halogens is 1. The molecule has 1 amide bonds. The Labute approximate surface area is 147 Å². The molecular weight excluding hydrogens is 370 g/mol. The standard InChI is InChI=1S/C18H16BrN3O2/c1-10-7-15(19)17-20-11(2)16(22(17)9-10)18(24)21-14-6-4-5-13(8-14)12(3)23/h4-9H,1-3H3,(H,21,24). The lowest BCUT2D eigenvalue weighted by atomic mass is 10.1. The second kappa shape index (κ2) is 6.20. The lowest BCUT2D eigenvalue weighted by Gasteiger charge is -2.08. The number of fused-ring (bicyclic) bond motifs is 1. The fraction of sp³-hybridized carbons (Fsp3) is 0.167. The molecule has 6 heteroatoms. The molecule has 0 saturated heterocycles. The summed E-state index contributed by atoms with van der Waals surface area (Å²) in [6.45, 7) is 5.25. The molecule has 3 aromatic rings. The van der Waals surface area contributed by atoms with Crippen molar-refractivity contribution in [1.29, 1.82) is 0 Å². The lowest BCUT2D eigenvalue weighted by Crippen LogP contribution is -2.16. The van der Waals surface area contributed by atoms with Crippen molar-refractivity contribution in [1.82, 2.24) is 9.38 Å². The molecule has 0 aliphatic heterocycles. The highest BCUT2D eigenvalue weighted by molar-refractivity contribution is 9.10. The van der Waals surface area contributed by atoms with E-state index in [9.17, 15) is 9.59 Å². The van der Waals surface area contributed by atoms with E-state index in [2.05, 4.69) is 26.2 Å². The Kier molecular flexibility index (Phi) is 4.24. The molecule has 0 fully saturated rings. The van der Waals surface area contributed by atoms with Crippen LogP contribution in [0.5, 0.6) is 0 Å². The Morgan fingerprint density at radius 2 is 1.96 bits per heavy atom. The van der Waals surface area contributed by atoms with Gasteiger partial charge in [-0.3, -0.25) is 14.0 Å². The van der Waals surface area contributed by atoms with E-state index in [1.54, 1.807) is 35.6 Å². The van der Waals surface area contributed by atoms with Crippen molar-refractivity contribution in [2.24, 2.45) is 0 Å². The number of carbonyl (C=O) groups excluding carboxylic acids is 2. The number of benzene rings is 1. The van der Waals surface area contributed by atoms with Crippen molar-refractivity contribution in [2.75, 3.05) is 5.32 Å². The van der Waals surface area contributed by atoms with Crippen molar-refractivity contribution in [3.05, 3.63) is 63.5 Å². The summed E-state index contributed by atoms with van der Waals surface area (Å²) in [7, 11) is 0. The summed E-state index contributed by atoms with van der Waals surface area (Å²) in [5.41, 5.74) is 3.96. The zero-order chi connectivity index (χ0) is 17.4. The first-order valence-electron chi connectivity index (χ1n) is 7.44. The molecule has 2 aromatic heterocycles. The van der Waals surface area contributed by atoms with Crippen molar-refractivity contribution in [3.8, 4) is 0 Å². The van der Waals surface area contributed by atoms with Gasteiger partial charge in [0.1, 0.15) is 5.69 Å². The number of hydrogen-bond donors (Lipinski definition) is 1. The molecule has 0 spiro atoms. The number of aryl methyl sites for hydroxylation is 2. The van der Waals surface area contributed by atoms with Gasteiger partial charge < -0.3 is 5.32 Å². The summed E-state index contributed by atoms with van der Waals surface area (Å²) in [6, 6.07) is 8.84. The summed E-state index contributed by atoms with van der Waals surface area (Å²) in [6.07, 6.45) is 1.88. The zero-order valence-electron chi connectivity index (χ0n) is 13.6. The number of amides is 1. The van der Waals surface area contributed by atoms with Crippen LogP contribution >= 0.6 is 15.9 Å². The number of imidazole rings is 1.